The Morgan fingerprint density at radius 2 is 1.85 bits per heavy atom. The van der Waals surface area contributed by atoms with Gasteiger partial charge in [0.05, 0.1) is 6.20 Å². The number of aromatic nitrogens is 3. The van der Waals surface area contributed by atoms with Crippen LogP contribution in [0.2, 0.25) is 0 Å². The molecule has 0 saturated heterocycles. The van der Waals surface area contributed by atoms with Crippen molar-refractivity contribution in [1.29, 1.82) is 0 Å². The SMILES string of the molecule is CN(C)c1ccc(Nc2cnnc(N3CCCc4ccccc43)n2)cc1. The molecule has 132 valence electrons. The molecule has 0 spiro atoms. The van der Waals surface area contributed by atoms with E-state index in [1.165, 1.54) is 11.3 Å². The Balaban J connectivity index is 1.58. The van der Waals surface area contributed by atoms with E-state index in [0.717, 1.165) is 30.8 Å². The number of hydrogen-bond donors (Lipinski definition) is 1. The van der Waals surface area contributed by atoms with Crippen molar-refractivity contribution in [3.63, 3.8) is 0 Å². The van der Waals surface area contributed by atoms with Gasteiger partial charge in [-0.1, -0.05) is 18.2 Å². The molecule has 0 bridgehead atoms. The Kier molecular flexibility index (Phi) is 4.39. The molecule has 3 aromatic rings. The van der Waals surface area contributed by atoms with Crippen LogP contribution in [0.3, 0.4) is 0 Å². The number of benzene rings is 2. The lowest BCUT2D eigenvalue weighted by Crippen LogP contribution is -2.26. The largest absolute Gasteiger partial charge is 0.378 e. The highest BCUT2D eigenvalue weighted by Crippen LogP contribution is 2.31. The van der Waals surface area contributed by atoms with E-state index in [2.05, 4.69) is 66.7 Å². The minimum absolute atomic E-state index is 0.632. The van der Waals surface area contributed by atoms with Crippen LogP contribution in [-0.4, -0.2) is 35.8 Å². The predicted octanol–water partition coefficient (Wildman–Crippen LogP) is 3.77. The van der Waals surface area contributed by atoms with Crippen LogP contribution in [0.1, 0.15) is 12.0 Å². The fourth-order valence-electron chi connectivity index (χ4n) is 3.20. The maximum absolute atomic E-state index is 4.68. The van der Waals surface area contributed by atoms with Crippen LogP contribution < -0.4 is 15.1 Å². The maximum atomic E-state index is 4.68. The smallest absolute Gasteiger partial charge is 0.251 e. The summed E-state index contributed by atoms with van der Waals surface area (Å²) in [4.78, 5) is 8.90. The van der Waals surface area contributed by atoms with Crippen LogP contribution in [0.25, 0.3) is 0 Å². The molecule has 0 amide bonds. The van der Waals surface area contributed by atoms with Crippen molar-refractivity contribution in [2.75, 3.05) is 35.8 Å². The third-order valence-corrected chi connectivity index (χ3v) is 4.56. The van der Waals surface area contributed by atoms with Gasteiger partial charge in [-0.3, -0.25) is 0 Å². The molecule has 6 heteroatoms. The number of fused-ring (bicyclic) bond motifs is 1. The fraction of sp³-hybridized carbons (Fsp3) is 0.250. The lowest BCUT2D eigenvalue weighted by molar-refractivity contribution is 0.742. The topological polar surface area (TPSA) is 57.2 Å². The van der Waals surface area contributed by atoms with Crippen molar-refractivity contribution >= 4 is 28.8 Å². The molecular weight excluding hydrogens is 324 g/mol. The van der Waals surface area contributed by atoms with Gasteiger partial charge in [-0.15, -0.1) is 5.10 Å². The first-order chi connectivity index (χ1) is 12.7. The van der Waals surface area contributed by atoms with Gasteiger partial charge in [0.15, 0.2) is 5.82 Å². The third kappa shape index (κ3) is 3.31. The van der Waals surface area contributed by atoms with Gasteiger partial charge in [0.1, 0.15) is 0 Å². The van der Waals surface area contributed by atoms with Crippen LogP contribution in [-0.2, 0) is 6.42 Å². The molecule has 1 aliphatic heterocycles. The van der Waals surface area contributed by atoms with E-state index >= 15 is 0 Å². The number of rotatable bonds is 4. The van der Waals surface area contributed by atoms with Gasteiger partial charge in [0, 0.05) is 37.7 Å². The lowest BCUT2D eigenvalue weighted by Gasteiger charge is -2.29. The first-order valence-electron chi connectivity index (χ1n) is 8.80. The number of anilines is 5. The van der Waals surface area contributed by atoms with Crippen molar-refractivity contribution in [3.8, 4) is 0 Å². The molecule has 4 rings (SSSR count). The summed E-state index contributed by atoms with van der Waals surface area (Å²) < 4.78 is 0. The average Bonchev–Trinajstić information content (AvgIpc) is 2.68. The van der Waals surface area contributed by atoms with E-state index in [-0.39, 0.29) is 0 Å². The predicted molar refractivity (Wildman–Crippen MR) is 106 cm³/mol. The van der Waals surface area contributed by atoms with Gasteiger partial charge in [0.2, 0.25) is 0 Å². The first kappa shape index (κ1) is 16.3. The zero-order valence-electron chi connectivity index (χ0n) is 15.1. The monoisotopic (exact) mass is 346 g/mol. The van der Waals surface area contributed by atoms with Gasteiger partial charge < -0.3 is 15.1 Å². The molecule has 2 heterocycles. The summed E-state index contributed by atoms with van der Waals surface area (Å²) in [6.45, 7) is 0.902. The Hall–Kier alpha value is -3.15. The first-order valence-corrected chi connectivity index (χ1v) is 8.80. The Morgan fingerprint density at radius 1 is 1.04 bits per heavy atom. The summed E-state index contributed by atoms with van der Waals surface area (Å²) in [7, 11) is 4.05. The van der Waals surface area contributed by atoms with Gasteiger partial charge in [-0.25, -0.2) is 0 Å². The minimum atomic E-state index is 0.632. The van der Waals surface area contributed by atoms with Gasteiger partial charge >= 0.3 is 0 Å². The van der Waals surface area contributed by atoms with Crippen molar-refractivity contribution in [3.05, 3.63) is 60.3 Å². The Bertz CT molecular complexity index is 891. The van der Waals surface area contributed by atoms with E-state index in [4.69, 9.17) is 0 Å². The number of hydrogen-bond acceptors (Lipinski definition) is 6. The maximum Gasteiger partial charge on any atom is 0.251 e. The third-order valence-electron chi connectivity index (χ3n) is 4.56. The molecule has 1 aliphatic rings. The summed E-state index contributed by atoms with van der Waals surface area (Å²) in [6.07, 6.45) is 3.83. The highest BCUT2D eigenvalue weighted by Gasteiger charge is 2.20. The van der Waals surface area contributed by atoms with E-state index in [0.29, 0.717) is 11.8 Å². The van der Waals surface area contributed by atoms with E-state index in [9.17, 15) is 0 Å². The second-order valence-electron chi connectivity index (χ2n) is 6.59. The second-order valence-corrected chi connectivity index (χ2v) is 6.59. The summed E-state index contributed by atoms with van der Waals surface area (Å²) in [5.41, 5.74) is 4.64. The van der Waals surface area contributed by atoms with Crippen LogP contribution in [0.15, 0.2) is 54.7 Å². The quantitative estimate of drug-likeness (QED) is 0.776. The molecule has 0 unspecified atom stereocenters. The summed E-state index contributed by atoms with van der Waals surface area (Å²) in [6, 6.07) is 16.6. The molecular formula is C20H22N6. The fourth-order valence-corrected chi connectivity index (χ4v) is 3.20. The molecule has 1 aromatic heterocycles. The molecule has 0 atom stereocenters. The Morgan fingerprint density at radius 3 is 2.65 bits per heavy atom. The zero-order valence-corrected chi connectivity index (χ0v) is 15.1. The van der Waals surface area contributed by atoms with Crippen LogP contribution in [0.4, 0.5) is 28.8 Å². The van der Waals surface area contributed by atoms with E-state index < -0.39 is 0 Å². The zero-order chi connectivity index (χ0) is 17.9. The van der Waals surface area contributed by atoms with Gasteiger partial charge in [0.25, 0.3) is 5.95 Å². The Labute approximate surface area is 153 Å². The molecule has 0 fully saturated rings. The summed E-state index contributed by atoms with van der Waals surface area (Å²) in [5, 5.41) is 11.7. The molecule has 6 nitrogen and oxygen atoms in total. The highest BCUT2D eigenvalue weighted by molar-refractivity contribution is 5.65. The second kappa shape index (κ2) is 7.00. The molecule has 0 aliphatic carbocycles. The molecule has 1 N–H and O–H groups in total. The molecule has 26 heavy (non-hydrogen) atoms. The number of aryl methyl sites for hydroxylation is 1. The van der Waals surface area contributed by atoms with E-state index in [1.54, 1.807) is 6.20 Å². The van der Waals surface area contributed by atoms with Gasteiger partial charge in [-0.2, -0.15) is 10.1 Å². The summed E-state index contributed by atoms with van der Waals surface area (Å²) >= 11 is 0. The van der Waals surface area contributed by atoms with E-state index in [1.807, 2.05) is 26.2 Å². The normalized spacial score (nSPS) is 13.2. The average molecular weight is 346 g/mol. The van der Waals surface area contributed by atoms with Crippen molar-refractivity contribution in [2.45, 2.75) is 12.8 Å². The van der Waals surface area contributed by atoms with Crippen molar-refractivity contribution in [2.24, 2.45) is 0 Å². The molecule has 2 aromatic carbocycles. The van der Waals surface area contributed by atoms with Crippen LogP contribution >= 0.6 is 0 Å². The summed E-state index contributed by atoms with van der Waals surface area (Å²) in [5.74, 6) is 1.32. The molecule has 0 saturated carbocycles. The van der Waals surface area contributed by atoms with Crippen LogP contribution in [0.5, 0.6) is 0 Å². The number of nitrogens with one attached hydrogen (secondary N) is 1. The van der Waals surface area contributed by atoms with Gasteiger partial charge in [-0.05, 0) is 48.7 Å². The van der Waals surface area contributed by atoms with Crippen molar-refractivity contribution < 1.29 is 0 Å². The van der Waals surface area contributed by atoms with Crippen molar-refractivity contribution in [1.82, 2.24) is 15.2 Å². The molecule has 0 radical (unpaired) electrons. The lowest BCUT2D eigenvalue weighted by atomic mass is 10.0. The number of para-hydroxylation sites is 1. The standard InChI is InChI=1S/C20H22N6/c1-25(2)17-11-9-16(10-12-17)22-19-14-21-24-20(23-19)26-13-5-7-15-6-3-4-8-18(15)26/h3-4,6,8-12,14H,5,7,13H2,1-2H3,(H,22,23,24). The minimum Gasteiger partial charge on any atom is -0.378 e. The van der Waals surface area contributed by atoms with Crippen LogP contribution in [0, 0.1) is 0 Å². The highest BCUT2D eigenvalue weighted by atomic mass is 15.3. The number of nitrogens with zero attached hydrogens (tertiary/aromatic N) is 5.